The zero-order valence-corrected chi connectivity index (χ0v) is 14.8. The van der Waals surface area contributed by atoms with Crippen molar-refractivity contribution in [1.82, 2.24) is 15.8 Å². The Balaban J connectivity index is 1.81. The fraction of sp³-hybridized carbons (Fsp3) is 0.389. The fourth-order valence-electron chi connectivity index (χ4n) is 2.59. The van der Waals surface area contributed by atoms with Crippen molar-refractivity contribution in [1.29, 1.82) is 0 Å². The molecule has 1 atom stereocenters. The maximum atomic E-state index is 13.5. The molecule has 6 nitrogen and oxygen atoms in total. The molecular weight excluding hydrogens is 325 g/mol. The lowest BCUT2D eigenvalue weighted by Crippen LogP contribution is -2.36. The number of aryl methyl sites for hydroxylation is 3. The molecule has 0 saturated heterocycles. The monoisotopic (exact) mass is 347 g/mol. The number of hydrogen-bond acceptors (Lipinski definition) is 4. The molecule has 0 fully saturated rings. The molecule has 134 valence electrons. The highest BCUT2D eigenvalue weighted by Crippen LogP contribution is 2.22. The van der Waals surface area contributed by atoms with Crippen LogP contribution >= 0.6 is 0 Å². The van der Waals surface area contributed by atoms with Crippen LogP contribution in [-0.4, -0.2) is 30.1 Å². The van der Waals surface area contributed by atoms with Crippen LogP contribution in [0.5, 0.6) is 0 Å². The minimum Gasteiger partial charge on any atom is -0.361 e. The predicted molar refractivity (Wildman–Crippen MR) is 90.9 cm³/mol. The van der Waals surface area contributed by atoms with E-state index >= 15 is 0 Å². The van der Waals surface area contributed by atoms with E-state index in [1.165, 1.54) is 6.07 Å². The first-order valence-electron chi connectivity index (χ1n) is 8.06. The maximum absolute atomic E-state index is 13.5. The van der Waals surface area contributed by atoms with E-state index in [1.807, 2.05) is 0 Å². The summed E-state index contributed by atoms with van der Waals surface area (Å²) in [5.74, 6) is -0.755. The number of carbonyl (C=O) groups excluding carboxylic acids is 2. The molecule has 25 heavy (non-hydrogen) atoms. The van der Waals surface area contributed by atoms with Crippen molar-refractivity contribution >= 4 is 11.8 Å². The lowest BCUT2D eigenvalue weighted by molar-refractivity contribution is -0.122. The van der Waals surface area contributed by atoms with Gasteiger partial charge in [-0.15, -0.1) is 0 Å². The van der Waals surface area contributed by atoms with E-state index < -0.39 is 11.7 Å². The molecule has 1 heterocycles. The Kier molecular flexibility index (Phi) is 5.90. The number of nitrogens with zero attached hydrogens (tertiary/aromatic N) is 1. The summed E-state index contributed by atoms with van der Waals surface area (Å²) in [6, 6.07) is 4.31. The molecule has 7 heteroatoms. The summed E-state index contributed by atoms with van der Waals surface area (Å²) >= 11 is 0. The van der Waals surface area contributed by atoms with E-state index in [0.29, 0.717) is 17.0 Å². The Morgan fingerprint density at radius 1 is 1.20 bits per heavy atom. The number of carbonyl (C=O) groups is 2. The van der Waals surface area contributed by atoms with Crippen LogP contribution in [0.2, 0.25) is 0 Å². The van der Waals surface area contributed by atoms with Crippen molar-refractivity contribution in [3.05, 3.63) is 52.2 Å². The quantitative estimate of drug-likeness (QED) is 0.786. The first-order chi connectivity index (χ1) is 11.8. The van der Waals surface area contributed by atoms with Crippen LogP contribution in [-0.2, 0) is 4.79 Å². The Hall–Kier alpha value is -2.70. The molecule has 0 bridgehead atoms. The van der Waals surface area contributed by atoms with E-state index in [9.17, 15) is 14.0 Å². The second kappa shape index (κ2) is 7.92. The van der Waals surface area contributed by atoms with E-state index in [2.05, 4.69) is 15.8 Å². The van der Waals surface area contributed by atoms with Gasteiger partial charge in [-0.25, -0.2) is 4.39 Å². The molecule has 0 aliphatic heterocycles. The topological polar surface area (TPSA) is 84.2 Å². The Labute approximate surface area is 145 Å². The van der Waals surface area contributed by atoms with Crippen LogP contribution in [0.15, 0.2) is 22.7 Å². The molecular formula is C18H22FN3O3. The zero-order chi connectivity index (χ0) is 18.6. The predicted octanol–water partition coefficient (Wildman–Crippen LogP) is 2.39. The Morgan fingerprint density at radius 2 is 1.88 bits per heavy atom. The summed E-state index contributed by atoms with van der Waals surface area (Å²) in [5, 5.41) is 9.25. The Bertz CT molecular complexity index is 766. The number of aromatic nitrogens is 1. The average molecular weight is 347 g/mol. The summed E-state index contributed by atoms with van der Waals surface area (Å²) in [6.07, 6.45) is 0. The molecule has 1 aromatic carbocycles. The van der Waals surface area contributed by atoms with E-state index in [0.717, 1.165) is 5.56 Å². The van der Waals surface area contributed by atoms with Gasteiger partial charge in [0, 0.05) is 24.2 Å². The number of nitrogens with one attached hydrogen (secondary N) is 2. The van der Waals surface area contributed by atoms with Gasteiger partial charge in [0.25, 0.3) is 5.91 Å². The molecule has 0 aliphatic rings. The van der Waals surface area contributed by atoms with Gasteiger partial charge in [-0.1, -0.05) is 11.2 Å². The minimum absolute atomic E-state index is 0.176. The first kappa shape index (κ1) is 18.6. The lowest BCUT2D eigenvalue weighted by Gasteiger charge is -2.12. The smallest absolute Gasteiger partial charge is 0.251 e. The normalized spacial score (nSPS) is 11.9. The zero-order valence-electron chi connectivity index (χ0n) is 14.8. The molecule has 1 aromatic heterocycles. The lowest BCUT2D eigenvalue weighted by atomic mass is 9.99. The molecule has 2 amide bonds. The van der Waals surface area contributed by atoms with Crippen LogP contribution in [0.1, 0.15) is 45.8 Å². The van der Waals surface area contributed by atoms with Gasteiger partial charge >= 0.3 is 0 Å². The summed E-state index contributed by atoms with van der Waals surface area (Å²) in [4.78, 5) is 24.2. The summed E-state index contributed by atoms with van der Waals surface area (Å²) in [6.45, 7) is 7.47. The van der Waals surface area contributed by atoms with Gasteiger partial charge in [-0.2, -0.15) is 0 Å². The molecule has 2 aromatic rings. The molecule has 0 saturated carbocycles. The average Bonchev–Trinajstić information content (AvgIpc) is 2.91. The van der Waals surface area contributed by atoms with Crippen LogP contribution in [0.4, 0.5) is 4.39 Å². The third-order valence-corrected chi connectivity index (χ3v) is 4.06. The third-order valence-electron chi connectivity index (χ3n) is 4.06. The summed E-state index contributed by atoms with van der Waals surface area (Å²) < 4.78 is 18.5. The molecule has 2 rings (SSSR count). The number of halogens is 1. The summed E-state index contributed by atoms with van der Waals surface area (Å²) in [7, 11) is 0. The first-order valence-corrected chi connectivity index (χ1v) is 8.06. The van der Waals surface area contributed by atoms with Crippen molar-refractivity contribution in [2.24, 2.45) is 0 Å². The number of amides is 2. The highest BCUT2D eigenvalue weighted by Gasteiger charge is 2.22. The third kappa shape index (κ3) is 4.43. The maximum Gasteiger partial charge on any atom is 0.251 e. The van der Waals surface area contributed by atoms with Crippen molar-refractivity contribution in [2.45, 2.75) is 33.6 Å². The summed E-state index contributed by atoms with van der Waals surface area (Å²) in [5.41, 5.74) is 2.20. The van der Waals surface area contributed by atoms with Crippen molar-refractivity contribution < 1.29 is 18.5 Å². The minimum atomic E-state index is -0.422. The van der Waals surface area contributed by atoms with E-state index in [4.69, 9.17) is 4.52 Å². The molecule has 2 N–H and O–H groups in total. The van der Waals surface area contributed by atoms with Crippen molar-refractivity contribution in [3.63, 3.8) is 0 Å². The fourth-order valence-corrected chi connectivity index (χ4v) is 2.59. The van der Waals surface area contributed by atoms with Gasteiger partial charge in [-0.3, -0.25) is 9.59 Å². The second-order valence-corrected chi connectivity index (χ2v) is 5.97. The molecule has 0 spiro atoms. The molecule has 0 aliphatic carbocycles. The standard InChI is InChI=1S/C18H22FN3O3/c1-10-5-6-14(9-15(10)19)18(24)21-8-7-20-17(23)11(2)16-12(3)22-25-13(16)4/h5-6,9,11H,7-8H2,1-4H3,(H,20,23)(H,21,24). The number of rotatable bonds is 6. The van der Waals surface area contributed by atoms with Gasteiger partial charge in [-0.05, 0) is 45.4 Å². The van der Waals surface area contributed by atoms with Gasteiger partial charge < -0.3 is 15.2 Å². The Morgan fingerprint density at radius 3 is 2.48 bits per heavy atom. The van der Waals surface area contributed by atoms with Crippen molar-refractivity contribution in [2.75, 3.05) is 13.1 Å². The van der Waals surface area contributed by atoms with Gasteiger partial charge in [0.15, 0.2) is 0 Å². The SMILES string of the molecule is Cc1ccc(C(=O)NCCNC(=O)C(C)c2c(C)noc2C)cc1F. The van der Waals surface area contributed by atoms with Crippen LogP contribution in [0.3, 0.4) is 0 Å². The second-order valence-electron chi connectivity index (χ2n) is 5.97. The van der Waals surface area contributed by atoms with E-state index in [-0.39, 0.29) is 30.5 Å². The van der Waals surface area contributed by atoms with Crippen LogP contribution < -0.4 is 10.6 Å². The molecule has 1 unspecified atom stereocenters. The van der Waals surface area contributed by atoms with Crippen LogP contribution in [0, 0.1) is 26.6 Å². The van der Waals surface area contributed by atoms with Gasteiger partial charge in [0.05, 0.1) is 11.6 Å². The van der Waals surface area contributed by atoms with Gasteiger partial charge in [0.2, 0.25) is 5.91 Å². The number of benzene rings is 1. The van der Waals surface area contributed by atoms with E-state index in [1.54, 1.807) is 39.8 Å². The highest BCUT2D eigenvalue weighted by atomic mass is 19.1. The highest BCUT2D eigenvalue weighted by molar-refractivity contribution is 5.94. The van der Waals surface area contributed by atoms with Crippen molar-refractivity contribution in [3.8, 4) is 0 Å². The van der Waals surface area contributed by atoms with Gasteiger partial charge in [0.1, 0.15) is 11.6 Å². The largest absolute Gasteiger partial charge is 0.361 e. The molecule has 0 radical (unpaired) electrons. The number of hydrogen-bond donors (Lipinski definition) is 2. The van der Waals surface area contributed by atoms with Crippen LogP contribution in [0.25, 0.3) is 0 Å².